The van der Waals surface area contributed by atoms with Crippen LogP contribution in [0.15, 0.2) is 30.3 Å². The lowest BCUT2D eigenvalue weighted by atomic mass is 9.75. The molecule has 0 heterocycles. The maximum Gasteiger partial charge on any atom is 0.155 e. The molecule has 1 aromatic rings. The average Bonchev–Trinajstić information content (AvgIpc) is 2.07. The maximum absolute atomic E-state index is 11.2. The van der Waals surface area contributed by atoms with Crippen molar-refractivity contribution in [2.75, 3.05) is 0 Å². The molecule has 0 N–H and O–H groups in total. The van der Waals surface area contributed by atoms with Gasteiger partial charge >= 0.3 is 0 Å². The Hall–Kier alpha value is -1.05. The molecule has 11 heavy (non-hydrogen) atoms. The third-order valence-electron chi connectivity index (χ3n) is 1.49. The standard InChI is InChI=1S/C9H10BO/c1-10-7-9(11)8-5-3-2-4-6-8/h2-6H,7H2,1H3. The van der Waals surface area contributed by atoms with E-state index < -0.39 is 0 Å². The number of carbonyl (C=O) groups is 1. The second kappa shape index (κ2) is 3.96. The van der Waals surface area contributed by atoms with Gasteiger partial charge in [0.25, 0.3) is 0 Å². The molecule has 0 saturated heterocycles. The van der Waals surface area contributed by atoms with Crippen molar-refractivity contribution in [3.05, 3.63) is 35.9 Å². The molecule has 0 fully saturated rings. The number of ketones is 1. The number of Topliss-reactive ketones (excluding diaryl/α,β-unsaturated/α-hetero) is 1. The summed E-state index contributed by atoms with van der Waals surface area (Å²) in [7, 11) is 1.87. The summed E-state index contributed by atoms with van der Waals surface area (Å²) >= 11 is 0. The highest BCUT2D eigenvalue weighted by Crippen LogP contribution is 2.02. The van der Waals surface area contributed by atoms with Crippen LogP contribution < -0.4 is 0 Å². The minimum absolute atomic E-state index is 0.188. The van der Waals surface area contributed by atoms with Crippen LogP contribution in [-0.4, -0.2) is 13.1 Å². The summed E-state index contributed by atoms with van der Waals surface area (Å²) in [5.41, 5.74) is 0.797. The second-order valence-corrected chi connectivity index (χ2v) is 2.40. The van der Waals surface area contributed by atoms with E-state index in [4.69, 9.17) is 0 Å². The molecule has 1 radical (unpaired) electrons. The molecule has 0 spiro atoms. The molecule has 0 unspecified atom stereocenters. The van der Waals surface area contributed by atoms with Crippen LogP contribution in [0, 0.1) is 0 Å². The van der Waals surface area contributed by atoms with Gasteiger partial charge in [0.2, 0.25) is 0 Å². The lowest BCUT2D eigenvalue weighted by Gasteiger charge is -1.95. The van der Waals surface area contributed by atoms with E-state index in [1.807, 2.05) is 44.4 Å². The van der Waals surface area contributed by atoms with Crippen molar-refractivity contribution in [1.29, 1.82) is 0 Å². The van der Waals surface area contributed by atoms with Crippen LogP contribution in [0.3, 0.4) is 0 Å². The molecular weight excluding hydrogens is 135 g/mol. The smallest absolute Gasteiger partial charge is 0.155 e. The minimum Gasteiger partial charge on any atom is -0.295 e. The Kier molecular flexibility index (Phi) is 2.90. The second-order valence-electron chi connectivity index (χ2n) is 2.40. The predicted molar refractivity (Wildman–Crippen MR) is 47.2 cm³/mol. The summed E-state index contributed by atoms with van der Waals surface area (Å²) in [6.07, 6.45) is 0.532. The normalized spacial score (nSPS) is 9.18. The lowest BCUT2D eigenvalue weighted by molar-refractivity contribution is 0.101. The topological polar surface area (TPSA) is 17.1 Å². The van der Waals surface area contributed by atoms with E-state index in [1.54, 1.807) is 0 Å². The molecule has 0 bridgehead atoms. The maximum atomic E-state index is 11.2. The fourth-order valence-electron chi connectivity index (χ4n) is 0.927. The van der Waals surface area contributed by atoms with Crippen molar-refractivity contribution in [2.24, 2.45) is 0 Å². The van der Waals surface area contributed by atoms with Crippen molar-refractivity contribution in [3.63, 3.8) is 0 Å². The highest BCUT2D eigenvalue weighted by atomic mass is 16.1. The molecule has 0 aliphatic carbocycles. The van der Waals surface area contributed by atoms with E-state index >= 15 is 0 Å². The van der Waals surface area contributed by atoms with Crippen LogP contribution in [0.5, 0.6) is 0 Å². The molecule has 55 valence electrons. The van der Waals surface area contributed by atoms with Crippen LogP contribution in [-0.2, 0) is 0 Å². The van der Waals surface area contributed by atoms with Gasteiger partial charge in [-0.05, 0) is 6.32 Å². The van der Waals surface area contributed by atoms with Crippen LogP contribution in [0.1, 0.15) is 10.4 Å². The third kappa shape index (κ3) is 2.22. The fraction of sp³-hybridized carbons (Fsp3) is 0.222. The Morgan fingerprint density at radius 1 is 1.36 bits per heavy atom. The molecule has 1 rings (SSSR count). The Labute approximate surface area is 67.7 Å². The first-order valence-electron chi connectivity index (χ1n) is 3.70. The fourth-order valence-corrected chi connectivity index (χ4v) is 0.927. The van der Waals surface area contributed by atoms with Crippen LogP contribution >= 0.6 is 0 Å². The van der Waals surface area contributed by atoms with E-state index in [2.05, 4.69) is 0 Å². The monoisotopic (exact) mass is 145 g/mol. The van der Waals surface area contributed by atoms with Crippen molar-refractivity contribution in [2.45, 2.75) is 13.1 Å². The zero-order chi connectivity index (χ0) is 8.10. The first kappa shape index (κ1) is 8.06. The third-order valence-corrected chi connectivity index (χ3v) is 1.49. The number of rotatable bonds is 3. The lowest BCUT2D eigenvalue weighted by Crippen LogP contribution is -1.99. The van der Waals surface area contributed by atoms with Gasteiger partial charge in [-0.3, -0.25) is 4.79 Å². The molecule has 0 aliphatic heterocycles. The van der Waals surface area contributed by atoms with Crippen LogP contribution in [0.4, 0.5) is 0 Å². The van der Waals surface area contributed by atoms with E-state index in [1.165, 1.54) is 0 Å². The van der Waals surface area contributed by atoms with E-state index in [9.17, 15) is 4.79 Å². The molecule has 0 amide bonds. The number of benzene rings is 1. The first-order valence-corrected chi connectivity index (χ1v) is 3.70. The summed E-state index contributed by atoms with van der Waals surface area (Å²) < 4.78 is 0. The number of hydrogen-bond donors (Lipinski definition) is 0. The zero-order valence-corrected chi connectivity index (χ0v) is 6.58. The SMILES string of the molecule is C[B]CC(=O)c1ccccc1. The Bertz CT molecular complexity index is 231. The van der Waals surface area contributed by atoms with E-state index in [0.29, 0.717) is 6.32 Å². The largest absolute Gasteiger partial charge is 0.295 e. The summed E-state index contributed by atoms with van der Waals surface area (Å²) in [6.45, 7) is 1.89. The molecule has 0 saturated carbocycles. The quantitative estimate of drug-likeness (QED) is 0.469. The van der Waals surface area contributed by atoms with Crippen LogP contribution in [0.25, 0.3) is 0 Å². The van der Waals surface area contributed by atoms with Crippen molar-refractivity contribution in [1.82, 2.24) is 0 Å². The van der Waals surface area contributed by atoms with Gasteiger partial charge in [0, 0.05) is 5.56 Å². The summed E-state index contributed by atoms with van der Waals surface area (Å²) in [6, 6.07) is 9.34. The summed E-state index contributed by atoms with van der Waals surface area (Å²) in [5.74, 6) is 0.188. The Morgan fingerprint density at radius 2 is 2.00 bits per heavy atom. The first-order chi connectivity index (χ1) is 5.34. The van der Waals surface area contributed by atoms with Crippen molar-refractivity contribution < 1.29 is 4.79 Å². The molecule has 2 heteroatoms. The average molecular weight is 145 g/mol. The number of carbonyl (C=O) groups excluding carboxylic acids is 1. The highest BCUT2D eigenvalue weighted by molar-refractivity contribution is 6.41. The van der Waals surface area contributed by atoms with Crippen molar-refractivity contribution >= 4 is 13.1 Å². The molecule has 1 nitrogen and oxygen atoms in total. The minimum atomic E-state index is 0.188. The van der Waals surface area contributed by atoms with Gasteiger partial charge in [-0.1, -0.05) is 37.2 Å². The molecular formula is C9H10BO. The Balaban J connectivity index is 2.69. The Morgan fingerprint density at radius 3 is 2.55 bits per heavy atom. The zero-order valence-electron chi connectivity index (χ0n) is 6.58. The van der Waals surface area contributed by atoms with Crippen molar-refractivity contribution in [3.8, 4) is 0 Å². The van der Waals surface area contributed by atoms with Gasteiger partial charge in [0.05, 0.1) is 0 Å². The van der Waals surface area contributed by atoms with E-state index in [0.717, 1.165) is 5.56 Å². The number of hydrogen-bond acceptors (Lipinski definition) is 1. The van der Waals surface area contributed by atoms with E-state index in [-0.39, 0.29) is 5.78 Å². The van der Waals surface area contributed by atoms with Gasteiger partial charge in [0.1, 0.15) is 7.28 Å². The van der Waals surface area contributed by atoms with Gasteiger partial charge in [0.15, 0.2) is 5.78 Å². The molecule has 0 atom stereocenters. The van der Waals surface area contributed by atoms with Gasteiger partial charge in [-0.25, -0.2) is 0 Å². The molecule has 1 aromatic carbocycles. The summed E-state index contributed by atoms with van der Waals surface area (Å²) in [5, 5.41) is 0. The summed E-state index contributed by atoms with van der Waals surface area (Å²) in [4.78, 5) is 11.2. The predicted octanol–water partition coefficient (Wildman–Crippen LogP) is 2.04. The van der Waals surface area contributed by atoms with Gasteiger partial charge < -0.3 is 0 Å². The highest BCUT2D eigenvalue weighted by Gasteiger charge is 2.01. The molecule has 0 aromatic heterocycles. The van der Waals surface area contributed by atoms with Crippen LogP contribution in [0.2, 0.25) is 13.1 Å². The molecule has 0 aliphatic rings. The van der Waals surface area contributed by atoms with Gasteiger partial charge in [-0.15, -0.1) is 0 Å². The van der Waals surface area contributed by atoms with Gasteiger partial charge in [-0.2, -0.15) is 0 Å².